The Morgan fingerprint density at radius 1 is 0.430 bits per heavy atom. The number of hydrogen-bond acceptors (Lipinski definition) is 6. The Labute approximate surface area is 494 Å². The van der Waals surface area contributed by atoms with Crippen molar-refractivity contribution >= 4 is 13.7 Å². The standard InChI is InChI=1S/C70H139N2O6P/c1-6-8-10-12-14-16-18-20-22-24-26-28-30-32-33-34-35-36-37-38-40-42-44-46-48-50-52-54-56-58-60-62-64-70(74)71-68(67-78-79(75,76)77-66-65-72(3,4)5)69(73)63-61-59-57-55-53-51-49-47-45-43-41-39-31-29-27-25-23-21-19-17-15-13-11-9-7-2/h53,55,61,63,68-69,73H,6-52,54,56-60,62,64-67H2,1-5H3,(H-,71,74,75,76)/b55-53+,63-61+. The zero-order valence-corrected chi connectivity index (χ0v) is 54.8. The fraction of sp³-hybridized carbons (Fsp3) is 0.929. The van der Waals surface area contributed by atoms with Gasteiger partial charge in [0.1, 0.15) is 13.2 Å². The van der Waals surface area contributed by atoms with Crippen molar-refractivity contribution < 1.29 is 32.9 Å². The molecule has 0 saturated carbocycles. The number of quaternary nitrogens is 1. The highest BCUT2D eigenvalue weighted by Gasteiger charge is 2.23. The van der Waals surface area contributed by atoms with Gasteiger partial charge in [-0.2, -0.15) is 0 Å². The molecule has 1 amide bonds. The zero-order valence-electron chi connectivity index (χ0n) is 53.9. The first kappa shape index (κ1) is 78.0. The van der Waals surface area contributed by atoms with Gasteiger partial charge in [-0.1, -0.05) is 353 Å². The van der Waals surface area contributed by atoms with Crippen LogP contribution in [-0.4, -0.2) is 68.5 Å². The predicted molar refractivity (Wildman–Crippen MR) is 344 cm³/mol. The van der Waals surface area contributed by atoms with Crippen molar-refractivity contribution in [2.45, 2.75) is 379 Å². The highest BCUT2D eigenvalue weighted by molar-refractivity contribution is 7.45. The third-order valence-electron chi connectivity index (χ3n) is 16.4. The molecule has 0 heterocycles. The lowest BCUT2D eigenvalue weighted by molar-refractivity contribution is -0.870. The van der Waals surface area contributed by atoms with E-state index in [0.29, 0.717) is 17.4 Å². The number of unbranched alkanes of at least 4 members (excludes halogenated alkanes) is 51. The second-order valence-electron chi connectivity index (χ2n) is 25.6. The number of hydrogen-bond donors (Lipinski definition) is 2. The van der Waals surface area contributed by atoms with Crippen molar-refractivity contribution in [3.63, 3.8) is 0 Å². The van der Waals surface area contributed by atoms with Crippen molar-refractivity contribution in [3.8, 4) is 0 Å². The largest absolute Gasteiger partial charge is 0.756 e. The number of nitrogens with zero attached hydrogens (tertiary/aromatic N) is 1. The van der Waals surface area contributed by atoms with Crippen LogP contribution < -0.4 is 10.2 Å². The van der Waals surface area contributed by atoms with Crippen LogP contribution in [0.4, 0.5) is 0 Å². The Kier molecular flexibility index (Phi) is 60.7. The number of amides is 1. The Balaban J connectivity index is 4.04. The van der Waals surface area contributed by atoms with Gasteiger partial charge in [-0.25, -0.2) is 0 Å². The monoisotopic (exact) mass is 1140 g/mol. The van der Waals surface area contributed by atoms with Gasteiger partial charge in [0.2, 0.25) is 5.91 Å². The summed E-state index contributed by atoms with van der Waals surface area (Å²) in [5.74, 6) is -0.198. The van der Waals surface area contributed by atoms with E-state index in [9.17, 15) is 19.4 Å². The van der Waals surface area contributed by atoms with Crippen LogP contribution in [-0.2, 0) is 18.4 Å². The number of allylic oxidation sites excluding steroid dienone is 3. The quantitative estimate of drug-likeness (QED) is 0.0272. The molecule has 0 aromatic heterocycles. The molecule has 9 heteroatoms. The molecule has 0 rings (SSSR count). The summed E-state index contributed by atoms with van der Waals surface area (Å²) in [5.41, 5.74) is 0. The summed E-state index contributed by atoms with van der Waals surface area (Å²) in [4.78, 5) is 25.6. The first-order valence-corrected chi connectivity index (χ1v) is 36.7. The van der Waals surface area contributed by atoms with Crippen LogP contribution in [0.25, 0.3) is 0 Å². The van der Waals surface area contributed by atoms with Crippen molar-refractivity contribution in [1.82, 2.24) is 5.32 Å². The molecule has 470 valence electrons. The molecule has 0 aliphatic heterocycles. The van der Waals surface area contributed by atoms with Crippen molar-refractivity contribution in [3.05, 3.63) is 24.3 Å². The van der Waals surface area contributed by atoms with Crippen LogP contribution in [0.15, 0.2) is 24.3 Å². The fourth-order valence-corrected chi connectivity index (χ4v) is 11.7. The lowest BCUT2D eigenvalue weighted by Gasteiger charge is -2.29. The van der Waals surface area contributed by atoms with E-state index >= 15 is 0 Å². The number of aliphatic hydroxyl groups excluding tert-OH is 1. The van der Waals surface area contributed by atoms with Crippen LogP contribution in [0.3, 0.4) is 0 Å². The molecular weight excluding hydrogens is 996 g/mol. The Hall–Kier alpha value is -1.02. The maximum absolute atomic E-state index is 13.0. The zero-order chi connectivity index (χ0) is 57.7. The first-order valence-electron chi connectivity index (χ1n) is 35.2. The highest BCUT2D eigenvalue weighted by atomic mass is 31.2. The SMILES string of the molecule is CCCCCCCCCCCCCCCCCCCCC/C=C/CC/C=C/C(O)C(COP(=O)([O-])OCC[N+](C)(C)C)NC(=O)CCCCCCCCCCCCCCCCCCCCCCCCCCCCCCCCCC. The molecule has 79 heavy (non-hydrogen) atoms. The van der Waals surface area contributed by atoms with Crippen molar-refractivity contribution in [1.29, 1.82) is 0 Å². The molecule has 0 saturated heterocycles. The van der Waals surface area contributed by atoms with E-state index in [0.717, 1.165) is 38.5 Å². The van der Waals surface area contributed by atoms with Crippen LogP contribution in [0, 0.1) is 0 Å². The molecule has 2 N–H and O–H groups in total. The molecule has 0 bridgehead atoms. The van der Waals surface area contributed by atoms with E-state index in [1.165, 1.54) is 308 Å². The van der Waals surface area contributed by atoms with Gasteiger partial charge >= 0.3 is 0 Å². The summed E-state index contributed by atoms with van der Waals surface area (Å²) >= 11 is 0. The summed E-state index contributed by atoms with van der Waals surface area (Å²) < 4.78 is 23.4. The molecule has 0 aliphatic carbocycles. The fourth-order valence-electron chi connectivity index (χ4n) is 10.9. The lowest BCUT2D eigenvalue weighted by atomic mass is 10.0. The number of aliphatic hydroxyl groups is 1. The van der Waals surface area contributed by atoms with Crippen molar-refractivity contribution in [2.24, 2.45) is 0 Å². The predicted octanol–water partition coefficient (Wildman–Crippen LogP) is 21.6. The number of rotatable bonds is 66. The Morgan fingerprint density at radius 2 is 0.709 bits per heavy atom. The van der Waals surface area contributed by atoms with E-state index in [4.69, 9.17) is 9.05 Å². The van der Waals surface area contributed by atoms with Gasteiger partial charge in [-0.15, -0.1) is 0 Å². The van der Waals surface area contributed by atoms with Crippen LogP contribution >= 0.6 is 7.82 Å². The molecule has 0 radical (unpaired) electrons. The molecule has 3 atom stereocenters. The normalized spacial score (nSPS) is 13.8. The maximum Gasteiger partial charge on any atom is 0.268 e. The number of likely N-dealkylation sites (N-methyl/N-ethyl adjacent to an activating group) is 1. The van der Waals surface area contributed by atoms with E-state index < -0.39 is 20.0 Å². The minimum absolute atomic E-state index is 0.00342. The third kappa shape index (κ3) is 64.4. The van der Waals surface area contributed by atoms with E-state index in [1.807, 2.05) is 27.2 Å². The second-order valence-corrected chi connectivity index (χ2v) is 27.0. The Morgan fingerprint density at radius 3 is 1.03 bits per heavy atom. The average Bonchev–Trinajstić information content (AvgIpc) is 3.42. The van der Waals surface area contributed by atoms with E-state index in [1.54, 1.807) is 6.08 Å². The van der Waals surface area contributed by atoms with Gasteiger partial charge in [0, 0.05) is 6.42 Å². The summed E-state index contributed by atoms with van der Waals surface area (Å²) in [6.07, 6.45) is 80.3. The van der Waals surface area contributed by atoms with E-state index in [-0.39, 0.29) is 19.1 Å². The number of phosphoric ester groups is 1. The minimum atomic E-state index is -4.61. The summed E-state index contributed by atoms with van der Waals surface area (Å²) in [6, 6.07) is -0.902. The molecule has 0 aliphatic rings. The van der Waals surface area contributed by atoms with Crippen LogP contribution in [0.2, 0.25) is 0 Å². The molecule has 0 aromatic carbocycles. The second kappa shape index (κ2) is 61.5. The van der Waals surface area contributed by atoms with Gasteiger partial charge in [0.05, 0.1) is 39.9 Å². The topological polar surface area (TPSA) is 108 Å². The summed E-state index contributed by atoms with van der Waals surface area (Å²) in [6.45, 7) is 4.70. The number of phosphoric acid groups is 1. The average molecular weight is 1140 g/mol. The highest BCUT2D eigenvalue weighted by Crippen LogP contribution is 2.38. The van der Waals surface area contributed by atoms with Crippen LogP contribution in [0.1, 0.15) is 367 Å². The minimum Gasteiger partial charge on any atom is -0.756 e. The lowest BCUT2D eigenvalue weighted by Crippen LogP contribution is -2.45. The maximum atomic E-state index is 13.0. The number of carbonyl (C=O) groups excluding carboxylic acids is 1. The van der Waals surface area contributed by atoms with Gasteiger partial charge < -0.3 is 28.8 Å². The summed E-state index contributed by atoms with van der Waals surface area (Å²) in [7, 11) is 1.26. The molecule has 8 nitrogen and oxygen atoms in total. The smallest absolute Gasteiger partial charge is 0.268 e. The summed E-state index contributed by atoms with van der Waals surface area (Å²) in [5, 5.41) is 13.9. The van der Waals surface area contributed by atoms with Crippen molar-refractivity contribution in [2.75, 3.05) is 40.9 Å². The molecule has 3 unspecified atom stereocenters. The first-order chi connectivity index (χ1) is 38.5. The third-order valence-corrected chi connectivity index (χ3v) is 17.4. The van der Waals surface area contributed by atoms with Crippen LogP contribution in [0.5, 0.6) is 0 Å². The van der Waals surface area contributed by atoms with Gasteiger partial charge in [-0.05, 0) is 32.1 Å². The Bertz CT molecular complexity index is 1340. The number of nitrogens with one attached hydrogen (secondary N) is 1. The van der Waals surface area contributed by atoms with Gasteiger partial charge in [-0.3, -0.25) is 9.36 Å². The van der Waals surface area contributed by atoms with Gasteiger partial charge in [0.25, 0.3) is 7.82 Å². The van der Waals surface area contributed by atoms with Gasteiger partial charge in [0.15, 0.2) is 0 Å². The van der Waals surface area contributed by atoms with E-state index in [2.05, 4.69) is 31.3 Å². The molecular formula is C70H139N2O6P. The molecule has 0 spiro atoms. The number of carbonyl (C=O) groups is 1. The molecule has 0 fully saturated rings. The molecule has 0 aromatic rings.